The lowest BCUT2D eigenvalue weighted by atomic mass is 10.3. The number of carbonyl (C=O) groups is 1. The number of hydrogen-bond acceptors (Lipinski definition) is 3. The zero-order valence-electron chi connectivity index (χ0n) is 8.55. The van der Waals surface area contributed by atoms with Crippen molar-refractivity contribution in [3.05, 3.63) is 30.3 Å². The van der Waals surface area contributed by atoms with Crippen LogP contribution in [0.4, 0.5) is 5.69 Å². The van der Waals surface area contributed by atoms with Gasteiger partial charge in [0, 0.05) is 25.5 Å². The second kappa shape index (κ2) is 8.55. The number of amides is 1. The average molecular weight is 257 g/mol. The van der Waals surface area contributed by atoms with Crippen molar-refractivity contribution in [3.63, 3.8) is 0 Å². The Balaban J connectivity index is 0.00000225. The number of anilines is 1. The Labute approximate surface area is 107 Å². The lowest BCUT2D eigenvalue weighted by Crippen LogP contribution is -2.23. The summed E-state index contributed by atoms with van der Waals surface area (Å²) in [5.41, 5.74) is 0.804. The molecule has 88 valence electrons. The van der Waals surface area contributed by atoms with Gasteiger partial charge >= 0.3 is 0 Å². The topological polar surface area (TPSA) is 46.6 Å². The molecule has 1 amide bonds. The fourth-order valence-electron chi connectivity index (χ4n) is 1.18. The second-order valence-corrected chi connectivity index (χ2v) is 4.61. The van der Waals surface area contributed by atoms with Crippen molar-refractivity contribution in [3.8, 4) is 0 Å². The van der Waals surface area contributed by atoms with E-state index >= 15 is 0 Å². The quantitative estimate of drug-likeness (QED) is 0.425. The second-order valence-electron chi connectivity index (χ2n) is 2.96. The van der Waals surface area contributed by atoms with Crippen molar-refractivity contribution in [2.45, 2.75) is 0 Å². The number of carbonyl (C=O) groups excluding carboxylic acids is 1. The van der Waals surface area contributed by atoms with Crippen LogP contribution in [0.25, 0.3) is 0 Å². The molecule has 0 aromatic heterocycles. The van der Waals surface area contributed by atoms with E-state index in [-0.39, 0.29) is 17.4 Å². The van der Waals surface area contributed by atoms with Gasteiger partial charge in [-0.15, -0.1) is 0 Å². The first-order chi connectivity index (χ1) is 7.27. The van der Waals surface area contributed by atoms with Crippen molar-refractivity contribution in [2.75, 3.05) is 24.7 Å². The van der Waals surface area contributed by atoms with E-state index in [2.05, 4.69) is 4.52 Å². The van der Waals surface area contributed by atoms with Crippen molar-refractivity contribution < 1.29 is 13.9 Å². The molecule has 0 aliphatic carbocycles. The van der Waals surface area contributed by atoms with E-state index in [4.69, 9.17) is 0 Å². The third kappa shape index (κ3) is 4.96. The summed E-state index contributed by atoms with van der Waals surface area (Å²) < 4.78 is 15.8. The normalized spacial score (nSPS) is 11.3. The molecule has 1 aromatic carbocycles. The lowest BCUT2D eigenvalue weighted by Gasteiger charge is -2.16. The first kappa shape index (κ1) is 15.4. The molecule has 0 radical (unpaired) electrons. The van der Waals surface area contributed by atoms with Gasteiger partial charge in [-0.1, -0.05) is 18.2 Å². The number of benzene rings is 1. The van der Waals surface area contributed by atoms with Crippen LogP contribution in [0.2, 0.25) is 0 Å². The molecule has 1 aromatic rings. The van der Waals surface area contributed by atoms with Crippen LogP contribution in [0.1, 0.15) is 0 Å². The Morgan fingerprint density at radius 1 is 1.38 bits per heavy atom. The minimum Gasteiger partial charge on any atom is -0.334 e. The zero-order valence-corrected chi connectivity index (χ0v) is 9.55. The Morgan fingerprint density at radius 3 is 2.50 bits per heavy atom. The van der Waals surface area contributed by atoms with Gasteiger partial charge < -0.3 is 9.42 Å². The van der Waals surface area contributed by atoms with E-state index in [1.165, 1.54) is 12.0 Å². The summed E-state index contributed by atoms with van der Waals surface area (Å²) in [4.78, 5) is 12.3. The van der Waals surface area contributed by atoms with Crippen molar-refractivity contribution in [1.82, 2.24) is 0 Å². The number of para-hydroxylation sites is 1. The van der Waals surface area contributed by atoms with Gasteiger partial charge in [-0.05, 0) is 12.1 Å². The molecular formula is C10H17AlNO3P. The molecular weight excluding hydrogens is 240 g/mol. The maximum absolute atomic E-state index is 11.1. The Bertz CT molecular complexity index is 334. The molecule has 4 nitrogen and oxygen atoms in total. The first-order valence-corrected chi connectivity index (χ1v) is 6.14. The van der Waals surface area contributed by atoms with Crippen molar-refractivity contribution >= 4 is 37.5 Å². The summed E-state index contributed by atoms with van der Waals surface area (Å²) in [6, 6.07) is 9.25. The molecule has 0 aliphatic heterocycles. The lowest BCUT2D eigenvalue weighted by molar-refractivity contribution is -0.107. The van der Waals surface area contributed by atoms with Crippen LogP contribution in [0, 0.1) is 0 Å². The first-order valence-electron chi connectivity index (χ1n) is 4.61. The smallest absolute Gasteiger partial charge is 0.214 e. The van der Waals surface area contributed by atoms with Gasteiger partial charge in [0.2, 0.25) is 6.41 Å². The van der Waals surface area contributed by atoms with E-state index < -0.39 is 8.03 Å². The predicted octanol–water partition coefficient (Wildman–Crippen LogP) is 0.587. The molecule has 0 aliphatic rings. The van der Waals surface area contributed by atoms with E-state index in [1.54, 1.807) is 0 Å². The SMILES string of the molecule is CO[PH](=O)CCN(C=O)c1ccccc1.[AlH3]. The highest BCUT2D eigenvalue weighted by atomic mass is 31.1. The Kier molecular flexibility index (Phi) is 8.24. The van der Waals surface area contributed by atoms with Crippen LogP contribution in [-0.4, -0.2) is 43.6 Å². The molecule has 0 heterocycles. The Hall–Kier alpha value is -0.588. The molecule has 0 N–H and O–H groups in total. The number of rotatable bonds is 6. The fourth-order valence-corrected chi connectivity index (χ4v) is 1.80. The zero-order chi connectivity index (χ0) is 11.1. The molecule has 0 spiro atoms. The maximum Gasteiger partial charge on any atom is 0.214 e. The predicted molar refractivity (Wildman–Crippen MR) is 70.7 cm³/mol. The summed E-state index contributed by atoms with van der Waals surface area (Å²) in [5.74, 6) is 0. The maximum atomic E-state index is 11.1. The third-order valence-electron chi connectivity index (χ3n) is 2.00. The number of nitrogens with zero attached hydrogens (tertiary/aromatic N) is 1. The monoisotopic (exact) mass is 257 g/mol. The third-order valence-corrected chi connectivity index (χ3v) is 3.09. The summed E-state index contributed by atoms with van der Waals surface area (Å²) in [5, 5.41) is 0. The molecule has 0 saturated carbocycles. The van der Waals surface area contributed by atoms with Gasteiger partial charge in [0.25, 0.3) is 0 Å². The highest BCUT2D eigenvalue weighted by Crippen LogP contribution is 2.21. The van der Waals surface area contributed by atoms with Gasteiger partial charge in [-0.3, -0.25) is 9.36 Å². The van der Waals surface area contributed by atoms with Gasteiger partial charge in [0.15, 0.2) is 25.4 Å². The Morgan fingerprint density at radius 2 is 2.00 bits per heavy atom. The average Bonchev–Trinajstić information content (AvgIpc) is 2.31. The molecule has 0 fully saturated rings. The summed E-state index contributed by atoms with van der Waals surface area (Å²) in [6.07, 6.45) is 1.12. The van der Waals surface area contributed by atoms with Crippen LogP contribution < -0.4 is 4.90 Å². The van der Waals surface area contributed by atoms with Gasteiger partial charge in [-0.2, -0.15) is 0 Å². The number of hydrogen-bond donors (Lipinski definition) is 0. The molecule has 0 bridgehead atoms. The highest BCUT2D eigenvalue weighted by Gasteiger charge is 2.06. The molecule has 1 unspecified atom stereocenters. The van der Waals surface area contributed by atoms with E-state index in [1.807, 2.05) is 30.3 Å². The van der Waals surface area contributed by atoms with E-state index in [9.17, 15) is 9.36 Å². The van der Waals surface area contributed by atoms with Crippen molar-refractivity contribution in [2.24, 2.45) is 0 Å². The molecule has 1 rings (SSSR count). The standard InChI is InChI=1S/C10H14NO3P.Al.3H/c1-14-15(13)8-7-11(9-12)10-5-3-2-4-6-10;;;;/h2-6,9,15H,7-8H2,1H3;;;;. The largest absolute Gasteiger partial charge is 0.334 e. The van der Waals surface area contributed by atoms with E-state index in [0.717, 1.165) is 12.1 Å². The van der Waals surface area contributed by atoms with E-state index in [0.29, 0.717) is 12.7 Å². The van der Waals surface area contributed by atoms with Gasteiger partial charge in [0.1, 0.15) is 0 Å². The molecule has 16 heavy (non-hydrogen) atoms. The fraction of sp³-hybridized carbons (Fsp3) is 0.300. The summed E-state index contributed by atoms with van der Waals surface area (Å²) in [6.45, 7) is 0.416. The van der Waals surface area contributed by atoms with Crippen LogP contribution in [-0.2, 0) is 13.9 Å². The minimum atomic E-state index is -1.99. The van der Waals surface area contributed by atoms with Crippen LogP contribution in [0.15, 0.2) is 30.3 Å². The molecule has 1 atom stereocenters. The van der Waals surface area contributed by atoms with Gasteiger partial charge in [-0.25, -0.2) is 0 Å². The molecule has 0 saturated heterocycles. The summed E-state index contributed by atoms with van der Waals surface area (Å²) in [7, 11) is -0.580. The minimum absolute atomic E-state index is 0. The highest BCUT2D eigenvalue weighted by molar-refractivity contribution is 7.39. The van der Waals surface area contributed by atoms with Crippen molar-refractivity contribution in [1.29, 1.82) is 0 Å². The summed E-state index contributed by atoms with van der Waals surface area (Å²) >= 11 is 0. The van der Waals surface area contributed by atoms with Crippen LogP contribution in [0.3, 0.4) is 0 Å². The van der Waals surface area contributed by atoms with Gasteiger partial charge in [0.05, 0.1) is 0 Å². The van der Waals surface area contributed by atoms with Crippen LogP contribution >= 0.6 is 8.03 Å². The molecule has 6 heteroatoms. The van der Waals surface area contributed by atoms with Crippen LogP contribution in [0.5, 0.6) is 0 Å².